The van der Waals surface area contributed by atoms with Gasteiger partial charge in [-0.2, -0.15) is 5.10 Å². The van der Waals surface area contributed by atoms with E-state index in [1.165, 1.54) is 24.2 Å². The summed E-state index contributed by atoms with van der Waals surface area (Å²) >= 11 is 1.44. The molecular weight excluding hydrogens is 951 g/mol. The SMILES string of the molecule is Cc1c(OC2CCC(CC3CC3CN3CCN(c4cccc5c(C6CCC(=O)NC6=O)nn(C)c45)CC3)CC2)cccc1-c1ccc(N2CCc3cccc(C(=O)Nc4nc5ccccc5s4)c3C2)nc1C(=O)O. The second-order valence-corrected chi connectivity index (χ2v) is 22.1. The maximum absolute atomic E-state index is 13.7. The van der Waals surface area contributed by atoms with Crippen LogP contribution in [0.1, 0.15) is 101 Å². The highest BCUT2D eigenvalue weighted by atomic mass is 32.1. The molecule has 3 N–H and O–H groups in total. The van der Waals surface area contributed by atoms with Crippen LogP contribution < -0.4 is 25.2 Å². The van der Waals surface area contributed by atoms with E-state index >= 15 is 0 Å². The summed E-state index contributed by atoms with van der Waals surface area (Å²) in [5.74, 6) is 1.39. The summed E-state index contributed by atoms with van der Waals surface area (Å²) in [7, 11) is 1.95. The number of benzene rings is 4. The van der Waals surface area contributed by atoms with Crippen molar-refractivity contribution in [2.45, 2.75) is 83.3 Å². The molecule has 2 saturated heterocycles. The predicted octanol–water partition coefficient (Wildman–Crippen LogP) is 9.37. The Labute approximate surface area is 433 Å². The van der Waals surface area contributed by atoms with Crippen molar-refractivity contribution in [3.05, 3.63) is 125 Å². The number of carboxylic acids is 1. The fourth-order valence-electron chi connectivity index (χ4n) is 12.3. The topological polar surface area (TPSA) is 175 Å². The summed E-state index contributed by atoms with van der Waals surface area (Å²) < 4.78 is 9.64. The van der Waals surface area contributed by atoms with Crippen molar-refractivity contribution in [2.24, 2.45) is 24.8 Å². The van der Waals surface area contributed by atoms with E-state index in [9.17, 15) is 24.3 Å². The lowest BCUT2D eigenvalue weighted by Crippen LogP contribution is -2.47. The van der Waals surface area contributed by atoms with Gasteiger partial charge in [0.25, 0.3) is 5.91 Å². The van der Waals surface area contributed by atoms with Crippen LogP contribution in [0.25, 0.3) is 32.2 Å². The van der Waals surface area contributed by atoms with E-state index in [0.29, 0.717) is 60.3 Å². The van der Waals surface area contributed by atoms with Crippen molar-refractivity contribution in [1.29, 1.82) is 0 Å². The van der Waals surface area contributed by atoms with Gasteiger partial charge in [0.15, 0.2) is 10.8 Å². The average Bonchev–Trinajstić information content (AvgIpc) is 3.84. The number of hydrogen-bond donors (Lipinski definition) is 3. The number of imide groups is 1. The maximum atomic E-state index is 13.7. The third-order valence-corrected chi connectivity index (χ3v) is 17.4. The quantitative estimate of drug-likeness (QED) is 0.0936. The highest BCUT2D eigenvalue weighted by molar-refractivity contribution is 7.22. The van der Waals surface area contributed by atoms with Crippen LogP contribution >= 0.6 is 11.3 Å². The summed E-state index contributed by atoms with van der Waals surface area (Å²) in [6.07, 6.45) is 8.55. The number of anilines is 3. The molecule has 3 atom stereocenters. The average molecular weight is 1010 g/mol. The first-order valence-corrected chi connectivity index (χ1v) is 27.1. The largest absolute Gasteiger partial charge is 0.490 e. The molecule has 2 saturated carbocycles. The molecular formula is C58H61N9O6S. The lowest BCUT2D eigenvalue weighted by Gasteiger charge is -2.36. The number of aromatic nitrogens is 4. The molecule has 0 bridgehead atoms. The van der Waals surface area contributed by atoms with Crippen LogP contribution in [-0.4, -0.2) is 98.8 Å². The second kappa shape index (κ2) is 19.9. The van der Waals surface area contributed by atoms with Crippen LogP contribution in [0, 0.1) is 24.7 Å². The van der Waals surface area contributed by atoms with E-state index in [1.54, 1.807) is 0 Å². The molecule has 15 nitrogen and oxygen atoms in total. The predicted molar refractivity (Wildman–Crippen MR) is 287 cm³/mol. The number of para-hydroxylation sites is 2. The van der Waals surface area contributed by atoms with Crippen molar-refractivity contribution in [3.8, 4) is 16.9 Å². The Morgan fingerprint density at radius 1 is 0.824 bits per heavy atom. The Kier molecular flexibility index (Phi) is 12.9. The van der Waals surface area contributed by atoms with Crippen LogP contribution in [0.3, 0.4) is 0 Å². The third-order valence-electron chi connectivity index (χ3n) is 16.5. The van der Waals surface area contributed by atoms with Gasteiger partial charge in [0.2, 0.25) is 11.8 Å². The number of carbonyl (C=O) groups is 4. The van der Waals surface area contributed by atoms with Gasteiger partial charge >= 0.3 is 5.97 Å². The molecule has 7 aromatic rings. The molecule has 4 aromatic carbocycles. The zero-order valence-corrected chi connectivity index (χ0v) is 42.7. The molecule has 12 rings (SSSR count). The molecule has 0 radical (unpaired) electrons. The van der Waals surface area contributed by atoms with Crippen LogP contribution in [0.5, 0.6) is 5.75 Å². The molecule has 16 heteroatoms. The molecule has 0 spiro atoms. The number of nitrogens with zero attached hydrogens (tertiary/aromatic N) is 7. The molecule has 380 valence electrons. The van der Waals surface area contributed by atoms with Gasteiger partial charge in [-0.05, 0) is 141 Å². The van der Waals surface area contributed by atoms with E-state index in [1.807, 2.05) is 85.4 Å². The minimum Gasteiger partial charge on any atom is -0.490 e. The molecule has 3 amide bonds. The number of aromatic carboxylic acids is 1. The Hall–Kier alpha value is -7.17. The van der Waals surface area contributed by atoms with Crippen molar-refractivity contribution in [3.63, 3.8) is 0 Å². The fraction of sp³-hybridized carbons (Fsp3) is 0.397. The van der Waals surface area contributed by atoms with Gasteiger partial charge in [-0.15, -0.1) is 0 Å². The first kappa shape index (κ1) is 47.8. The first-order valence-electron chi connectivity index (χ1n) is 26.3. The lowest BCUT2D eigenvalue weighted by atomic mass is 9.83. The monoisotopic (exact) mass is 1010 g/mol. The van der Waals surface area contributed by atoms with E-state index in [0.717, 1.165) is 131 Å². The minimum atomic E-state index is -1.10. The summed E-state index contributed by atoms with van der Waals surface area (Å²) in [6, 6.07) is 29.5. The summed E-state index contributed by atoms with van der Waals surface area (Å²) in [5.41, 5.74) is 8.58. The van der Waals surface area contributed by atoms with E-state index in [-0.39, 0.29) is 29.5 Å². The highest BCUT2D eigenvalue weighted by Gasteiger charge is 2.41. The molecule has 3 unspecified atom stereocenters. The number of fused-ring (bicyclic) bond motifs is 3. The first-order chi connectivity index (χ1) is 36.0. The summed E-state index contributed by atoms with van der Waals surface area (Å²) in [4.78, 5) is 67.7. The molecule has 3 aliphatic heterocycles. The van der Waals surface area contributed by atoms with Gasteiger partial charge in [0.1, 0.15) is 11.6 Å². The Bertz CT molecular complexity index is 3300. The number of carboxylic acid groups (broad SMARTS) is 1. The number of ether oxygens (including phenoxy) is 1. The number of aryl methyl sites for hydroxylation is 1. The third kappa shape index (κ3) is 9.49. The number of thiazole rings is 1. The second-order valence-electron chi connectivity index (χ2n) is 21.1. The van der Waals surface area contributed by atoms with Gasteiger partial charge in [-0.25, -0.2) is 14.8 Å². The number of amides is 3. The maximum Gasteiger partial charge on any atom is 0.355 e. The zero-order chi connectivity index (χ0) is 50.6. The van der Waals surface area contributed by atoms with Crippen LogP contribution in [-0.2, 0) is 29.6 Å². The number of carbonyl (C=O) groups excluding carboxylic acids is 3. The van der Waals surface area contributed by atoms with Gasteiger partial charge in [0.05, 0.1) is 39.1 Å². The van der Waals surface area contributed by atoms with Crippen molar-refractivity contribution >= 4 is 72.8 Å². The smallest absolute Gasteiger partial charge is 0.355 e. The summed E-state index contributed by atoms with van der Waals surface area (Å²) in [5, 5.41) is 22.4. The standard InChI is InChI=1S/C58H61N9O6S/c1-34-40(41-20-22-50(60-53(41)57(71)72)67-25-24-36-8-5-10-42(45(36)33-67)55(69)62-58-59-46-12-3-4-15-49(46)74-58)9-7-14-48(34)73-39-18-16-35(17-19-39)30-37-31-38(37)32-65-26-28-66(29-27-65)47-13-6-11-43-52(63-64(2)54(43)47)44-21-23-51(68)61-56(44)70/h3-15,20,22,35,37-39,44H,16-19,21,23-33H2,1-2H3,(H,71,72)(H,59,62,69)(H,61,68,70). The zero-order valence-electron chi connectivity index (χ0n) is 41.9. The number of piperazine rings is 1. The van der Waals surface area contributed by atoms with E-state index in [2.05, 4.69) is 54.6 Å². The van der Waals surface area contributed by atoms with Crippen LogP contribution in [0.4, 0.5) is 16.6 Å². The number of nitrogens with one attached hydrogen (secondary N) is 2. The fourth-order valence-corrected chi connectivity index (χ4v) is 13.2. The Balaban J connectivity index is 0.630. The highest BCUT2D eigenvalue weighted by Crippen LogP contribution is 2.47. The molecule has 2 aliphatic carbocycles. The number of pyridine rings is 1. The molecule has 74 heavy (non-hydrogen) atoms. The van der Waals surface area contributed by atoms with Gasteiger partial charge < -0.3 is 19.6 Å². The van der Waals surface area contributed by atoms with E-state index < -0.39 is 11.9 Å². The number of piperidine rings is 1. The Morgan fingerprint density at radius 2 is 1.64 bits per heavy atom. The van der Waals surface area contributed by atoms with Crippen molar-refractivity contribution in [2.75, 3.05) is 54.4 Å². The van der Waals surface area contributed by atoms with Gasteiger partial charge in [-0.3, -0.25) is 34.6 Å². The van der Waals surface area contributed by atoms with Gasteiger partial charge in [0, 0.05) is 75.8 Å². The molecule has 4 fully saturated rings. The Morgan fingerprint density at radius 3 is 2.45 bits per heavy atom. The van der Waals surface area contributed by atoms with Gasteiger partial charge in [-0.1, -0.05) is 59.9 Å². The lowest BCUT2D eigenvalue weighted by molar-refractivity contribution is -0.134. The number of hydrogen-bond acceptors (Lipinski definition) is 12. The van der Waals surface area contributed by atoms with E-state index in [4.69, 9.17) is 14.8 Å². The molecule has 6 heterocycles. The number of rotatable bonds is 13. The summed E-state index contributed by atoms with van der Waals surface area (Å²) in [6.45, 7) is 8.14. The van der Waals surface area contributed by atoms with Crippen molar-refractivity contribution in [1.82, 2.24) is 30.0 Å². The van der Waals surface area contributed by atoms with Crippen LogP contribution in [0.2, 0.25) is 0 Å². The van der Waals surface area contributed by atoms with Crippen LogP contribution in [0.15, 0.2) is 91.0 Å². The molecule has 5 aliphatic rings. The normalized spacial score (nSPS) is 22.2. The molecule has 3 aromatic heterocycles. The minimum absolute atomic E-state index is 0.0151. The van der Waals surface area contributed by atoms with Crippen molar-refractivity contribution < 1.29 is 29.0 Å².